The quantitative estimate of drug-likeness (QED) is 0.0161. The number of rotatable bonds is 38. The lowest BCUT2D eigenvalue weighted by Crippen LogP contribution is -2.62. The van der Waals surface area contributed by atoms with Crippen LogP contribution >= 0.6 is 0 Å². The zero-order valence-electron chi connectivity index (χ0n) is 58.9. The minimum Gasteiger partial charge on any atom is -0.458 e. The van der Waals surface area contributed by atoms with Crippen LogP contribution in [-0.2, 0) is 68.7 Å². The number of likely N-dealkylation sites (N-methyl/N-ethyl adjacent to an activating group) is 1. The lowest BCUT2D eigenvalue weighted by Gasteiger charge is -2.33. The molecular weight excluding hydrogens is 1270 g/mol. The van der Waals surface area contributed by atoms with Crippen molar-refractivity contribution in [1.29, 1.82) is 0 Å². The van der Waals surface area contributed by atoms with Gasteiger partial charge < -0.3 is 91.7 Å². The molecule has 0 unspecified atom stereocenters. The van der Waals surface area contributed by atoms with E-state index in [-0.39, 0.29) is 75.9 Å². The maximum absolute atomic E-state index is 14.7. The molecular formula is C67H113N17O14. The van der Waals surface area contributed by atoms with Crippen LogP contribution in [0.25, 0.3) is 0 Å². The molecule has 21 N–H and O–H groups in total. The highest BCUT2D eigenvalue weighted by Crippen LogP contribution is 2.29. The van der Waals surface area contributed by atoms with E-state index in [2.05, 4.69) is 63.2 Å². The molecule has 1 aromatic carbocycles. The molecule has 31 nitrogen and oxygen atoms in total. The number of aliphatic hydroxyl groups is 1. The largest absolute Gasteiger partial charge is 0.458 e. The molecule has 2 fully saturated rings. The number of esters is 1. The molecule has 10 amide bonds. The van der Waals surface area contributed by atoms with Crippen LogP contribution in [0.5, 0.6) is 0 Å². The molecule has 1 aliphatic heterocycles. The molecule has 0 bridgehead atoms. The van der Waals surface area contributed by atoms with Crippen molar-refractivity contribution in [2.45, 2.75) is 238 Å². The average Bonchev–Trinajstić information content (AvgIpc) is 1.33. The van der Waals surface area contributed by atoms with Crippen LogP contribution in [-0.4, -0.2) is 181 Å². The molecule has 31 heteroatoms. The second-order valence-corrected chi connectivity index (χ2v) is 26.2. The number of ether oxygens (including phenoxy) is 1. The molecule has 0 aromatic heterocycles. The summed E-state index contributed by atoms with van der Waals surface area (Å²) in [5, 5.41) is 38.1. The number of ketones is 1. The van der Waals surface area contributed by atoms with E-state index in [9.17, 15) is 62.6 Å². The minimum atomic E-state index is -1.82. The van der Waals surface area contributed by atoms with Gasteiger partial charge in [0.25, 0.3) is 0 Å². The zero-order valence-corrected chi connectivity index (χ0v) is 58.9. The number of guanidine groups is 2. The van der Waals surface area contributed by atoms with Crippen molar-refractivity contribution in [1.82, 2.24) is 53.2 Å². The Labute approximate surface area is 576 Å². The molecule has 3 rings (SSSR count). The Bertz CT molecular complexity index is 2870. The SMILES string of the molecule is CC[C@@H](C)[C@@H](NC(=O)[C@@H](CCC(N)=O)NC(=O)[C@H](CCCN=C(N)N)NC(=O)[C@@H](NC(=O)[C@@H](Cc1ccccc1)NC)[C@@H](C)CC)C(=O)N[C@H](C(=O)N[C@@H](CO)C(=O)N[C@H]1C(=O)C[C@@H](CCCN=C(N)N)C(=O)N[C@@H](C2CCCCC2)C(=O)N[C@@H]([C@@H](C)CC)C(=O)O[C@H]1C)[C@@H](C)CC. The van der Waals surface area contributed by atoms with Gasteiger partial charge in [-0.2, -0.15) is 0 Å². The molecule has 2 aliphatic rings. The third-order valence-corrected chi connectivity index (χ3v) is 18.7. The van der Waals surface area contributed by atoms with Crippen molar-refractivity contribution >= 4 is 82.7 Å². The Morgan fingerprint density at radius 1 is 0.602 bits per heavy atom. The molecule has 16 atom stereocenters. The summed E-state index contributed by atoms with van der Waals surface area (Å²) in [6.07, 6.45) is 3.04. The van der Waals surface area contributed by atoms with Gasteiger partial charge >= 0.3 is 5.97 Å². The van der Waals surface area contributed by atoms with Crippen LogP contribution in [0.4, 0.5) is 0 Å². The highest BCUT2D eigenvalue weighted by Gasteiger charge is 2.43. The van der Waals surface area contributed by atoms with Gasteiger partial charge in [0.05, 0.1) is 12.6 Å². The number of Topliss-reactive ketones (excluding diaryl/α,β-unsaturated/α-hetero) is 1. The Morgan fingerprint density at radius 3 is 1.60 bits per heavy atom. The average molecular weight is 1380 g/mol. The van der Waals surface area contributed by atoms with E-state index in [1.54, 1.807) is 55.5 Å². The lowest BCUT2D eigenvalue weighted by atomic mass is 9.82. The van der Waals surface area contributed by atoms with Crippen molar-refractivity contribution < 1.29 is 67.4 Å². The number of nitrogens with one attached hydrogen (secondary N) is 10. The summed E-state index contributed by atoms with van der Waals surface area (Å²) in [7, 11) is 1.62. The molecule has 98 heavy (non-hydrogen) atoms. The molecule has 1 saturated carbocycles. The fourth-order valence-corrected chi connectivity index (χ4v) is 11.7. The predicted octanol–water partition coefficient (Wildman–Crippen LogP) is -1.17. The topological polar surface area (TPSA) is 509 Å². The Balaban J connectivity index is 1.97. The Kier molecular flexibility index (Phi) is 36.8. The van der Waals surface area contributed by atoms with E-state index in [0.29, 0.717) is 32.1 Å². The van der Waals surface area contributed by atoms with Crippen LogP contribution in [0.1, 0.15) is 171 Å². The van der Waals surface area contributed by atoms with Crippen molar-refractivity contribution in [3.8, 4) is 0 Å². The normalized spacial score (nSPS) is 21.2. The summed E-state index contributed by atoms with van der Waals surface area (Å²) in [6, 6.07) is -4.26. The van der Waals surface area contributed by atoms with Gasteiger partial charge in [0.1, 0.15) is 60.5 Å². The maximum Gasteiger partial charge on any atom is 0.329 e. The number of primary amides is 1. The molecule has 1 saturated heterocycles. The van der Waals surface area contributed by atoms with Gasteiger partial charge in [-0.25, -0.2) is 4.79 Å². The van der Waals surface area contributed by atoms with Crippen molar-refractivity contribution in [3.63, 3.8) is 0 Å². The van der Waals surface area contributed by atoms with Crippen LogP contribution < -0.4 is 81.8 Å². The van der Waals surface area contributed by atoms with Crippen LogP contribution in [0, 0.1) is 35.5 Å². The van der Waals surface area contributed by atoms with E-state index < -0.39 is 186 Å². The molecule has 550 valence electrons. The van der Waals surface area contributed by atoms with Gasteiger partial charge in [-0.15, -0.1) is 0 Å². The van der Waals surface area contributed by atoms with Gasteiger partial charge in [-0.1, -0.05) is 131 Å². The second-order valence-electron chi connectivity index (χ2n) is 26.2. The predicted molar refractivity (Wildman–Crippen MR) is 369 cm³/mol. The number of cyclic esters (lactones) is 1. The van der Waals surface area contributed by atoms with Gasteiger partial charge in [0.15, 0.2) is 17.7 Å². The number of carbonyl (C=O) groups is 12. The number of hydrogen-bond donors (Lipinski definition) is 16. The third kappa shape index (κ3) is 27.4. The van der Waals surface area contributed by atoms with Crippen molar-refractivity contribution in [2.75, 3.05) is 26.7 Å². The fraction of sp³-hybridized carbons (Fsp3) is 0.701. The smallest absolute Gasteiger partial charge is 0.329 e. The highest BCUT2D eigenvalue weighted by molar-refractivity contribution is 6.00. The standard InChI is InChI=1S/C67H113N17O14/c1-11-36(5)50(80-59(91)46(73-10)33-41-23-17-15-18-24-41)61(93)77-44(28-22-32-75-67(71)72)57(89)76-45(29-30-49(68)87)58(90)79-52(38(7)13-3)63(95)81-51(37(6)12-2)62(94)78-47(35-85)60(92)83-54-40(9)98-65(97)53(39(8)14-4)82-64(96)55(42-25-19-16-20-26-42)84-56(88)43(34-48(54)86)27-21-31-74-66(69)70/h15,17-18,23-24,36-40,42-47,50-55,73,85H,11-14,16,19-22,25-35H2,1-10H3,(H2,68,87)(H,76,89)(H,77,93)(H,78,94)(H,79,90)(H,80,91)(H,81,95)(H,82,96)(H,83,92)(H,84,88)(H4,69,70,74)(H4,71,72,75)/t36-,37-,38+,39-,40-,43+,44-,45+,46+,47-,50-,51-,52+,53-,54+,55-/m0/s1. The van der Waals surface area contributed by atoms with E-state index in [1.165, 1.54) is 6.92 Å². The molecule has 1 aliphatic carbocycles. The van der Waals surface area contributed by atoms with Gasteiger partial charge in [-0.3, -0.25) is 62.7 Å². The first-order chi connectivity index (χ1) is 46.4. The summed E-state index contributed by atoms with van der Waals surface area (Å²) in [5.74, 6) is -13.8. The molecule has 1 heterocycles. The Morgan fingerprint density at radius 2 is 1.09 bits per heavy atom. The zero-order chi connectivity index (χ0) is 73.3. The van der Waals surface area contributed by atoms with Gasteiger partial charge in [0, 0.05) is 31.8 Å². The van der Waals surface area contributed by atoms with Gasteiger partial charge in [0.2, 0.25) is 59.1 Å². The van der Waals surface area contributed by atoms with Gasteiger partial charge in [-0.05, 0) is 100 Å². The summed E-state index contributed by atoms with van der Waals surface area (Å²) in [5.41, 5.74) is 28.7. The number of nitrogens with two attached hydrogens (primary N) is 5. The van der Waals surface area contributed by atoms with E-state index in [0.717, 1.165) is 24.8 Å². The van der Waals surface area contributed by atoms with Crippen molar-refractivity contribution in [3.05, 3.63) is 35.9 Å². The monoisotopic (exact) mass is 1380 g/mol. The number of aliphatic imine (C=N–C) groups is 2. The molecule has 1 aromatic rings. The first kappa shape index (κ1) is 83.7. The number of aliphatic hydroxyl groups excluding tert-OH is 1. The number of hydrogen-bond acceptors (Lipinski definition) is 17. The summed E-state index contributed by atoms with van der Waals surface area (Å²) in [6.45, 7) is 14.2. The van der Waals surface area contributed by atoms with E-state index in [1.807, 2.05) is 37.3 Å². The van der Waals surface area contributed by atoms with Crippen LogP contribution in [0.2, 0.25) is 0 Å². The third-order valence-electron chi connectivity index (χ3n) is 18.7. The first-order valence-corrected chi connectivity index (χ1v) is 34.6. The summed E-state index contributed by atoms with van der Waals surface area (Å²) in [4.78, 5) is 179. The fourth-order valence-electron chi connectivity index (χ4n) is 11.7. The minimum absolute atomic E-state index is 0.0358. The maximum atomic E-state index is 14.7. The van der Waals surface area contributed by atoms with Crippen LogP contribution in [0.15, 0.2) is 40.3 Å². The first-order valence-electron chi connectivity index (χ1n) is 34.6. The number of nitrogens with zero attached hydrogens (tertiary/aromatic N) is 2. The van der Waals surface area contributed by atoms with Crippen LogP contribution in [0.3, 0.4) is 0 Å². The molecule has 0 spiro atoms. The Hall–Kier alpha value is -8.48. The van der Waals surface area contributed by atoms with Crippen molar-refractivity contribution in [2.24, 2.45) is 74.2 Å². The van der Waals surface area contributed by atoms with E-state index in [4.69, 9.17) is 33.4 Å². The number of amides is 10. The highest BCUT2D eigenvalue weighted by atomic mass is 16.5. The second kappa shape index (κ2) is 43.0. The molecule has 0 radical (unpaired) electrons. The summed E-state index contributed by atoms with van der Waals surface area (Å²) >= 11 is 0. The number of carbonyl (C=O) groups excluding carboxylic acids is 12. The van der Waals surface area contributed by atoms with E-state index >= 15 is 0 Å². The number of benzene rings is 1. The lowest BCUT2D eigenvalue weighted by molar-refractivity contribution is -0.157. The summed E-state index contributed by atoms with van der Waals surface area (Å²) < 4.78 is 5.91.